The topological polar surface area (TPSA) is 58.8 Å². The third-order valence-corrected chi connectivity index (χ3v) is 3.94. The third kappa shape index (κ3) is 4.90. The molecule has 1 aromatic carbocycles. The molecule has 2 heterocycles. The molecular weight excluding hydrogens is 417 g/mol. The Balaban J connectivity index is 0.00000208. The van der Waals surface area contributed by atoms with Crippen LogP contribution in [0.2, 0.25) is 0 Å². The van der Waals surface area contributed by atoms with Crippen LogP contribution in [0.4, 0.5) is 0 Å². The van der Waals surface area contributed by atoms with Crippen molar-refractivity contribution in [1.29, 1.82) is 0 Å². The summed E-state index contributed by atoms with van der Waals surface area (Å²) in [7, 11) is 0. The van der Waals surface area contributed by atoms with Crippen molar-refractivity contribution in [2.75, 3.05) is 19.7 Å². The highest BCUT2D eigenvalue weighted by Gasteiger charge is 2.20. The van der Waals surface area contributed by atoms with Gasteiger partial charge in [0.05, 0.1) is 25.7 Å². The first kappa shape index (κ1) is 18.6. The molecule has 0 amide bonds. The predicted molar refractivity (Wildman–Crippen MR) is 106 cm³/mol. The molecule has 0 radical (unpaired) electrons. The van der Waals surface area contributed by atoms with Gasteiger partial charge in [-0.2, -0.15) is 0 Å². The molecule has 1 unspecified atom stereocenters. The molecule has 6 heteroatoms. The first-order chi connectivity index (χ1) is 11.4. The molecule has 2 aromatic rings. The minimum absolute atomic E-state index is 0. The smallest absolute Gasteiger partial charge is 0.191 e. The molecule has 1 aromatic heterocycles. The highest BCUT2D eigenvalue weighted by atomic mass is 127. The Bertz CT molecular complexity index is 643. The van der Waals surface area contributed by atoms with Crippen LogP contribution >= 0.6 is 24.0 Å². The van der Waals surface area contributed by atoms with E-state index in [1.54, 1.807) is 12.5 Å². The van der Waals surface area contributed by atoms with E-state index in [-0.39, 0.29) is 24.0 Å². The maximum Gasteiger partial charge on any atom is 0.191 e. The molecule has 24 heavy (non-hydrogen) atoms. The molecule has 1 atom stereocenters. The zero-order valence-corrected chi connectivity index (χ0v) is 16.2. The van der Waals surface area contributed by atoms with Gasteiger partial charge in [0.15, 0.2) is 5.96 Å². The Morgan fingerprint density at radius 2 is 2.12 bits per heavy atom. The van der Waals surface area contributed by atoms with Crippen molar-refractivity contribution < 1.29 is 9.15 Å². The summed E-state index contributed by atoms with van der Waals surface area (Å²) in [6, 6.07) is 10.2. The number of halogens is 1. The van der Waals surface area contributed by atoms with Gasteiger partial charge in [-0.3, -0.25) is 0 Å². The maximum absolute atomic E-state index is 5.72. The number of benzene rings is 1. The lowest BCUT2D eigenvalue weighted by Crippen LogP contribution is -2.40. The Labute approximate surface area is 159 Å². The summed E-state index contributed by atoms with van der Waals surface area (Å²) < 4.78 is 10.8. The van der Waals surface area contributed by atoms with Gasteiger partial charge in [-0.05, 0) is 31.0 Å². The van der Waals surface area contributed by atoms with Crippen LogP contribution in [0.5, 0.6) is 5.75 Å². The fourth-order valence-electron chi connectivity index (χ4n) is 2.74. The molecule has 130 valence electrons. The summed E-state index contributed by atoms with van der Waals surface area (Å²) in [6.45, 7) is 5.13. The number of ether oxygens (including phenoxy) is 1. The lowest BCUT2D eigenvalue weighted by atomic mass is 9.93. The van der Waals surface area contributed by atoms with Gasteiger partial charge in [0.25, 0.3) is 0 Å². The van der Waals surface area contributed by atoms with Crippen molar-refractivity contribution in [3.05, 3.63) is 54.0 Å². The lowest BCUT2D eigenvalue weighted by Gasteiger charge is -2.26. The molecular formula is C18H24IN3O2. The van der Waals surface area contributed by atoms with E-state index in [9.17, 15) is 0 Å². The number of guanidine groups is 1. The van der Waals surface area contributed by atoms with Gasteiger partial charge in [-0.15, -0.1) is 24.0 Å². The first-order valence-corrected chi connectivity index (χ1v) is 8.12. The predicted octanol–water partition coefficient (Wildman–Crippen LogP) is 3.52. The minimum atomic E-state index is 0. The van der Waals surface area contributed by atoms with E-state index in [2.05, 4.69) is 34.7 Å². The number of rotatable bonds is 5. The Hall–Kier alpha value is -1.70. The van der Waals surface area contributed by atoms with Crippen LogP contribution in [0.1, 0.15) is 30.4 Å². The van der Waals surface area contributed by atoms with Crippen LogP contribution in [0.15, 0.2) is 52.3 Å². The number of nitrogens with one attached hydrogen (secondary N) is 2. The van der Waals surface area contributed by atoms with E-state index in [1.165, 1.54) is 5.56 Å². The van der Waals surface area contributed by atoms with Gasteiger partial charge in [0.1, 0.15) is 5.75 Å². The standard InChI is InChI=1S/C18H23N3O2.HI/c1-2-19-18(20-11-14-7-9-22-13-14)21-12-15-8-10-23-17-6-4-3-5-16(15)17;/h3-7,9,13,15H,2,8,10-12H2,1H3,(H2,19,20,21);1H. The second-order valence-electron chi connectivity index (χ2n) is 5.58. The number of hydrogen-bond donors (Lipinski definition) is 2. The minimum Gasteiger partial charge on any atom is -0.493 e. The highest BCUT2D eigenvalue weighted by Crippen LogP contribution is 2.32. The second-order valence-corrected chi connectivity index (χ2v) is 5.58. The summed E-state index contributed by atoms with van der Waals surface area (Å²) >= 11 is 0. The van der Waals surface area contributed by atoms with E-state index >= 15 is 0 Å². The van der Waals surface area contributed by atoms with Crippen LogP contribution in [-0.2, 0) is 6.54 Å². The van der Waals surface area contributed by atoms with Crippen LogP contribution in [-0.4, -0.2) is 25.7 Å². The van der Waals surface area contributed by atoms with Crippen molar-refractivity contribution in [1.82, 2.24) is 10.6 Å². The van der Waals surface area contributed by atoms with E-state index in [0.29, 0.717) is 12.5 Å². The molecule has 0 saturated heterocycles. The average Bonchev–Trinajstić information content (AvgIpc) is 3.11. The van der Waals surface area contributed by atoms with Gasteiger partial charge < -0.3 is 19.8 Å². The summed E-state index contributed by atoms with van der Waals surface area (Å²) in [5.41, 5.74) is 2.34. The van der Waals surface area contributed by atoms with Crippen LogP contribution in [0.25, 0.3) is 0 Å². The van der Waals surface area contributed by atoms with Crippen molar-refractivity contribution in [3.8, 4) is 5.75 Å². The molecule has 0 bridgehead atoms. The van der Waals surface area contributed by atoms with Gasteiger partial charge in [0, 0.05) is 24.6 Å². The molecule has 0 spiro atoms. The number of nitrogens with zero attached hydrogens (tertiary/aromatic N) is 1. The Morgan fingerprint density at radius 3 is 2.92 bits per heavy atom. The SMILES string of the molecule is CCNC(=NCc1ccoc1)NCC1CCOc2ccccc21.I. The fraction of sp³-hybridized carbons (Fsp3) is 0.389. The highest BCUT2D eigenvalue weighted by molar-refractivity contribution is 14.0. The largest absolute Gasteiger partial charge is 0.493 e. The molecule has 1 aliphatic heterocycles. The molecule has 3 rings (SSSR count). The molecule has 2 N–H and O–H groups in total. The van der Waals surface area contributed by atoms with Gasteiger partial charge in [-0.25, -0.2) is 4.99 Å². The van der Waals surface area contributed by atoms with Crippen molar-refractivity contribution in [2.24, 2.45) is 4.99 Å². The van der Waals surface area contributed by atoms with Crippen molar-refractivity contribution in [2.45, 2.75) is 25.8 Å². The van der Waals surface area contributed by atoms with Crippen LogP contribution in [0.3, 0.4) is 0 Å². The average molecular weight is 441 g/mol. The maximum atomic E-state index is 5.72. The second kappa shape index (κ2) is 9.56. The van der Waals surface area contributed by atoms with E-state index < -0.39 is 0 Å². The Morgan fingerprint density at radius 1 is 1.25 bits per heavy atom. The number of furan rings is 1. The fourth-order valence-corrected chi connectivity index (χ4v) is 2.74. The zero-order valence-electron chi connectivity index (χ0n) is 13.8. The van der Waals surface area contributed by atoms with E-state index in [4.69, 9.17) is 9.15 Å². The zero-order chi connectivity index (χ0) is 15.9. The summed E-state index contributed by atoms with van der Waals surface area (Å²) in [6.07, 6.45) is 4.41. The monoisotopic (exact) mass is 441 g/mol. The molecule has 0 saturated carbocycles. The number of fused-ring (bicyclic) bond motifs is 1. The number of para-hydroxylation sites is 1. The van der Waals surface area contributed by atoms with Crippen molar-refractivity contribution >= 4 is 29.9 Å². The van der Waals surface area contributed by atoms with Gasteiger partial charge in [-0.1, -0.05) is 18.2 Å². The van der Waals surface area contributed by atoms with Crippen molar-refractivity contribution in [3.63, 3.8) is 0 Å². The van der Waals surface area contributed by atoms with Crippen LogP contribution in [0, 0.1) is 0 Å². The van der Waals surface area contributed by atoms with Crippen LogP contribution < -0.4 is 15.4 Å². The summed E-state index contributed by atoms with van der Waals surface area (Å²) in [5.74, 6) is 2.28. The van der Waals surface area contributed by atoms with Gasteiger partial charge in [0.2, 0.25) is 0 Å². The first-order valence-electron chi connectivity index (χ1n) is 8.12. The molecule has 1 aliphatic rings. The summed E-state index contributed by atoms with van der Waals surface area (Å²) in [5, 5.41) is 6.73. The number of hydrogen-bond acceptors (Lipinski definition) is 3. The normalized spacial score (nSPS) is 16.5. The van der Waals surface area contributed by atoms with Gasteiger partial charge >= 0.3 is 0 Å². The quantitative estimate of drug-likeness (QED) is 0.424. The van der Waals surface area contributed by atoms with E-state index in [1.807, 2.05) is 18.2 Å². The molecule has 5 nitrogen and oxygen atoms in total. The molecule has 0 aliphatic carbocycles. The number of aliphatic imine (C=N–C) groups is 1. The Kier molecular flexibility index (Phi) is 7.42. The van der Waals surface area contributed by atoms with E-state index in [0.717, 1.165) is 43.4 Å². The lowest BCUT2D eigenvalue weighted by molar-refractivity contribution is 0.267. The summed E-state index contributed by atoms with van der Waals surface area (Å²) in [4.78, 5) is 4.60. The molecule has 0 fully saturated rings. The third-order valence-electron chi connectivity index (χ3n) is 3.94.